The summed E-state index contributed by atoms with van der Waals surface area (Å²) in [5, 5.41) is 7.63. The SMILES string of the molecule is Cc1cc(C)c(NC(=O)CN(C)c2ncnc3onc(C)c23)c(C)c1. The molecule has 3 aromatic rings. The molecular formula is C18H21N5O2. The van der Waals surface area contributed by atoms with Crippen LogP contribution in [0.5, 0.6) is 0 Å². The Bertz CT molecular complexity index is 925. The number of aromatic nitrogens is 3. The Morgan fingerprint density at radius 1 is 1.16 bits per heavy atom. The molecule has 0 aliphatic heterocycles. The molecule has 0 saturated heterocycles. The second-order valence-corrected chi connectivity index (χ2v) is 6.32. The van der Waals surface area contributed by atoms with Crippen LogP contribution in [0, 0.1) is 27.7 Å². The van der Waals surface area contributed by atoms with Gasteiger partial charge in [-0.2, -0.15) is 4.98 Å². The Morgan fingerprint density at radius 2 is 1.84 bits per heavy atom. The minimum Gasteiger partial charge on any atom is -0.350 e. The summed E-state index contributed by atoms with van der Waals surface area (Å²) in [7, 11) is 1.81. The second kappa shape index (κ2) is 6.51. The third-order valence-electron chi connectivity index (χ3n) is 4.11. The predicted molar refractivity (Wildman–Crippen MR) is 96.9 cm³/mol. The van der Waals surface area contributed by atoms with Crippen LogP contribution in [0.2, 0.25) is 0 Å². The van der Waals surface area contributed by atoms with Gasteiger partial charge in [0.05, 0.1) is 12.2 Å². The van der Waals surface area contributed by atoms with Crippen molar-refractivity contribution in [2.24, 2.45) is 0 Å². The molecule has 7 heteroatoms. The molecule has 1 amide bonds. The number of carbonyl (C=O) groups is 1. The highest BCUT2D eigenvalue weighted by atomic mass is 16.5. The van der Waals surface area contributed by atoms with Gasteiger partial charge >= 0.3 is 0 Å². The molecule has 0 radical (unpaired) electrons. The zero-order chi connectivity index (χ0) is 18.1. The van der Waals surface area contributed by atoms with Gasteiger partial charge in [-0.15, -0.1) is 0 Å². The summed E-state index contributed by atoms with van der Waals surface area (Å²) in [4.78, 5) is 22.6. The molecule has 0 saturated carbocycles. The Hall–Kier alpha value is -2.96. The summed E-state index contributed by atoms with van der Waals surface area (Å²) in [5.41, 5.74) is 5.25. The number of hydrogen-bond donors (Lipinski definition) is 1. The smallest absolute Gasteiger partial charge is 0.263 e. The molecule has 0 spiro atoms. The highest BCUT2D eigenvalue weighted by Crippen LogP contribution is 2.25. The first kappa shape index (κ1) is 16.9. The summed E-state index contributed by atoms with van der Waals surface area (Å²) in [5.74, 6) is 0.509. The van der Waals surface area contributed by atoms with Crippen LogP contribution < -0.4 is 10.2 Å². The van der Waals surface area contributed by atoms with E-state index in [1.165, 1.54) is 11.9 Å². The summed E-state index contributed by atoms with van der Waals surface area (Å²) in [6.45, 7) is 8.01. The Balaban J connectivity index is 1.80. The molecule has 7 nitrogen and oxygen atoms in total. The Labute approximate surface area is 146 Å². The van der Waals surface area contributed by atoms with E-state index in [0.29, 0.717) is 17.2 Å². The monoisotopic (exact) mass is 339 g/mol. The molecule has 1 N–H and O–H groups in total. The molecule has 2 heterocycles. The summed E-state index contributed by atoms with van der Waals surface area (Å²) < 4.78 is 5.15. The van der Waals surface area contributed by atoms with E-state index in [9.17, 15) is 4.79 Å². The average molecular weight is 339 g/mol. The number of likely N-dealkylation sites (N-methyl/N-ethyl adjacent to an activating group) is 1. The number of anilines is 2. The number of amides is 1. The lowest BCUT2D eigenvalue weighted by molar-refractivity contribution is -0.114. The third kappa shape index (κ3) is 3.31. The highest BCUT2D eigenvalue weighted by molar-refractivity contribution is 5.97. The molecular weight excluding hydrogens is 318 g/mol. The van der Waals surface area contributed by atoms with E-state index in [0.717, 1.165) is 22.2 Å². The number of aryl methyl sites for hydroxylation is 4. The molecule has 0 atom stereocenters. The molecule has 1 aromatic carbocycles. The van der Waals surface area contributed by atoms with Gasteiger partial charge in [-0.25, -0.2) is 4.98 Å². The summed E-state index contributed by atoms with van der Waals surface area (Å²) in [6.07, 6.45) is 1.41. The van der Waals surface area contributed by atoms with Gasteiger partial charge < -0.3 is 14.7 Å². The van der Waals surface area contributed by atoms with Gasteiger partial charge in [0.2, 0.25) is 5.91 Å². The third-order valence-corrected chi connectivity index (χ3v) is 4.11. The zero-order valence-electron chi connectivity index (χ0n) is 15.0. The molecule has 25 heavy (non-hydrogen) atoms. The van der Waals surface area contributed by atoms with Gasteiger partial charge in [0.25, 0.3) is 5.71 Å². The van der Waals surface area contributed by atoms with Crippen LogP contribution >= 0.6 is 0 Å². The van der Waals surface area contributed by atoms with Gasteiger partial charge in [0.15, 0.2) is 0 Å². The van der Waals surface area contributed by atoms with Crippen LogP contribution in [-0.4, -0.2) is 34.6 Å². The fraction of sp³-hybridized carbons (Fsp3) is 0.333. The lowest BCUT2D eigenvalue weighted by Crippen LogP contribution is -2.31. The average Bonchev–Trinajstić information content (AvgIpc) is 2.92. The zero-order valence-corrected chi connectivity index (χ0v) is 15.0. The largest absolute Gasteiger partial charge is 0.350 e. The Kier molecular flexibility index (Phi) is 4.39. The van der Waals surface area contributed by atoms with Crippen LogP contribution in [0.15, 0.2) is 23.0 Å². The fourth-order valence-electron chi connectivity index (χ4n) is 3.04. The Morgan fingerprint density at radius 3 is 2.52 bits per heavy atom. The summed E-state index contributed by atoms with van der Waals surface area (Å²) in [6, 6.07) is 4.11. The molecule has 3 rings (SSSR count). The molecule has 0 unspecified atom stereocenters. The van der Waals surface area contributed by atoms with Crippen molar-refractivity contribution in [2.75, 3.05) is 23.8 Å². The number of rotatable bonds is 4. The van der Waals surface area contributed by atoms with Gasteiger partial charge in [0, 0.05) is 12.7 Å². The molecule has 130 valence electrons. The van der Waals surface area contributed by atoms with Gasteiger partial charge in [-0.3, -0.25) is 4.79 Å². The van der Waals surface area contributed by atoms with Crippen LogP contribution in [0.3, 0.4) is 0 Å². The number of nitrogens with zero attached hydrogens (tertiary/aromatic N) is 4. The van der Waals surface area contributed by atoms with E-state index in [-0.39, 0.29) is 12.5 Å². The first-order valence-electron chi connectivity index (χ1n) is 8.02. The minimum atomic E-state index is -0.113. The van der Waals surface area contributed by atoms with Gasteiger partial charge in [-0.1, -0.05) is 22.9 Å². The van der Waals surface area contributed by atoms with E-state index in [1.807, 2.05) is 34.7 Å². The lowest BCUT2D eigenvalue weighted by Gasteiger charge is -2.19. The number of carbonyl (C=O) groups excluding carboxylic acids is 1. The van der Waals surface area contributed by atoms with Crippen molar-refractivity contribution >= 4 is 28.5 Å². The first-order valence-corrected chi connectivity index (χ1v) is 8.02. The molecule has 0 aliphatic rings. The lowest BCUT2D eigenvalue weighted by atomic mass is 10.1. The van der Waals surface area contributed by atoms with Crippen molar-refractivity contribution in [3.05, 3.63) is 40.8 Å². The normalized spacial score (nSPS) is 10.9. The van der Waals surface area contributed by atoms with E-state index in [1.54, 1.807) is 4.90 Å². The van der Waals surface area contributed by atoms with Crippen LogP contribution in [0.1, 0.15) is 22.4 Å². The van der Waals surface area contributed by atoms with Gasteiger partial charge in [-0.05, 0) is 38.8 Å². The summed E-state index contributed by atoms with van der Waals surface area (Å²) >= 11 is 0. The van der Waals surface area contributed by atoms with Crippen LogP contribution in [-0.2, 0) is 4.79 Å². The van der Waals surface area contributed by atoms with Crippen molar-refractivity contribution in [3.8, 4) is 0 Å². The van der Waals surface area contributed by atoms with Crippen LogP contribution in [0.25, 0.3) is 11.1 Å². The van der Waals surface area contributed by atoms with E-state index < -0.39 is 0 Å². The number of hydrogen-bond acceptors (Lipinski definition) is 6. The van der Waals surface area contributed by atoms with Crippen LogP contribution in [0.4, 0.5) is 11.5 Å². The highest BCUT2D eigenvalue weighted by Gasteiger charge is 2.18. The predicted octanol–water partition coefficient (Wildman–Crippen LogP) is 2.93. The van der Waals surface area contributed by atoms with Crippen molar-refractivity contribution in [1.29, 1.82) is 0 Å². The van der Waals surface area contributed by atoms with E-state index >= 15 is 0 Å². The second-order valence-electron chi connectivity index (χ2n) is 6.32. The minimum absolute atomic E-state index is 0.113. The van der Waals surface area contributed by atoms with Gasteiger partial charge in [0.1, 0.15) is 17.5 Å². The van der Waals surface area contributed by atoms with Crippen molar-refractivity contribution in [2.45, 2.75) is 27.7 Å². The fourth-order valence-corrected chi connectivity index (χ4v) is 3.04. The first-order chi connectivity index (χ1) is 11.9. The molecule has 0 fully saturated rings. The van der Waals surface area contributed by atoms with E-state index in [4.69, 9.17) is 4.52 Å². The van der Waals surface area contributed by atoms with E-state index in [2.05, 4.69) is 32.6 Å². The maximum atomic E-state index is 12.5. The molecule has 0 aliphatic carbocycles. The quantitative estimate of drug-likeness (QED) is 0.787. The van der Waals surface area contributed by atoms with Crippen molar-refractivity contribution in [1.82, 2.24) is 15.1 Å². The standard InChI is InChI=1S/C18H21N5O2/c1-10-6-11(2)16(12(3)7-10)21-14(24)8-23(5)17-15-13(4)22-25-18(15)20-9-19-17/h6-7,9H,8H2,1-5H3,(H,21,24). The number of fused-ring (bicyclic) bond motifs is 1. The van der Waals surface area contributed by atoms with Crippen molar-refractivity contribution in [3.63, 3.8) is 0 Å². The van der Waals surface area contributed by atoms with Crippen molar-refractivity contribution < 1.29 is 9.32 Å². The topological polar surface area (TPSA) is 84.2 Å². The number of benzene rings is 1. The molecule has 0 bridgehead atoms. The maximum absolute atomic E-state index is 12.5. The molecule has 2 aromatic heterocycles. The maximum Gasteiger partial charge on any atom is 0.263 e. The number of nitrogens with one attached hydrogen (secondary N) is 1.